The van der Waals surface area contributed by atoms with Crippen LogP contribution in [0.25, 0.3) is 0 Å². The van der Waals surface area contributed by atoms with E-state index in [2.05, 4.69) is 36.5 Å². The van der Waals surface area contributed by atoms with Crippen LogP contribution < -0.4 is 15.0 Å². The van der Waals surface area contributed by atoms with Crippen molar-refractivity contribution in [2.75, 3.05) is 11.4 Å². The number of rotatable bonds is 7. The standard InChI is InChI=1S/C25H26N2O3S/c1-3-18-10-12-19(13-11-18)24(22-9-6-16-31-22)26-23(28)14-15-27-20-7-4-5-8-21(20)30-17(2)25(27)29/h4-13,16-17,24H,3,14-15H2,1-2H3,(H,26,28)/t17-,24+/m1/s1. The van der Waals surface area contributed by atoms with Gasteiger partial charge in [0.05, 0.1) is 11.7 Å². The number of hydrogen-bond donors (Lipinski definition) is 1. The molecule has 4 rings (SSSR count). The van der Waals surface area contributed by atoms with Crippen LogP contribution in [-0.2, 0) is 16.0 Å². The van der Waals surface area contributed by atoms with Crippen LogP contribution in [-0.4, -0.2) is 24.5 Å². The van der Waals surface area contributed by atoms with Gasteiger partial charge < -0.3 is 15.0 Å². The van der Waals surface area contributed by atoms with Gasteiger partial charge in [0, 0.05) is 17.8 Å². The normalized spacial score (nSPS) is 16.4. The Morgan fingerprint density at radius 1 is 1.13 bits per heavy atom. The van der Waals surface area contributed by atoms with E-state index in [0.29, 0.717) is 18.0 Å². The van der Waals surface area contributed by atoms with E-state index in [4.69, 9.17) is 4.74 Å². The van der Waals surface area contributed by atoms with Gasteiger partial charge >= 0.3 is 0 Å². The predicted molar refractivity (Wildman–Crippen MR) is 124 cm³/mol. The Morgan fingerprint density at radius 2 is 1.90 bits per heavy atom. The molecular weight excluding hydrogens is 408 g/mol. The van der Waals surface area contributed by atoms with Crippen molar-refractivity contribution in [2.24, 2.45) is 0 Å². The maximum atomic E-state index is 12.9. The van der Waals surface area contributed by atoms with Gasteiger partial charge in [0.2, 0.25) is 5.91 Å². The third kappa shape index (κ3) is 4.64. The zero-order valence-corrected chi connectivity index (χ0v) is 18.5. The molecule has 2 atom stereocenters. The summed E-state index contributed by atoms with van der Waals surface area (Å²) in [7, 11) is 0. The molecule has 0 unspecified atom stereocenters. The highest BCUT2D eigenvalue weighted by Crippen LogP contribution is 2.33. The number of fused-ring (bicyclic) bond motifs is 1. The summed E-state index contributed by atoms with van der Waals surface area (Å²) in [5, 5.41) is 5.18. The van der Waals surface area contributed by atoms with Crippen molar-refractivity contribution < 1.29 is 14.3 Å². The number of benzene rings is 2. The van der Waals surface area contributed by atoms with Crippen LogP contribution in [0.5, 0.6) is 5.75 Å². The molecule has 2 heterocycles. The zero-order chi connectivity index (χ0) is 21.8. The third-order valence-corrected chi connectivity index (χ3v) is 6.43. The van der Waals surface area contributed by atoms with Gasteiger partial charge in [-0.3, -0.25) is 9.59 Å². The minimum Gasteiger partial charge on any atom is -0.479 e. The second-order valence-electron chi connectivity index (χ2n) is 7.58. The first-order valence-electron chi connectivity index (χ1n) is 10.6. The second-order valence-corrected chi connectivity index (χ2v) is 8.56. The molecule has 5 nitrogen and oxygen atoms in total. The smallest absolute Gasteiger partial charge is 0.267 e. The second kappa shape index (κ2) is 9.35. The summed E-state index contributed by atoms with van der Waals surface area (Å²) in [4.78, 5) is 28.3. The van der Waals surface area contributed by atoms with Crippen LogP contribution in [0.1, 0.15) is 42.3 Å². The van der Waals surface area contributed by atoms with Gasteiger partial charge in [-0.2, -0.15) is 0 Å². The number of ether oxygens (including phenoxy) is 1. The molecule has 0 bridgehead atoms. The highest BCUT2D eigenvalue weighted by atomic mass is 32.1. The number of thiophene rings is 1. The zero-order valence-electron chi connectivity index (χ0n) is 17.7. The van der Waals surface area contributed by atoms with Crippen molar-refractivity contribution in [3.05, 3.63) is 82.0 Å². The number of carbonyl (C=O) groups is 2. The fourth-order valence-electron chi connectivity index (χ4n) is 3.76. The number of nitrogens with zero attached hydrogens (tertiary/aromatic N) is 1. The lowest BCUT2D eigenvalue weighted by Gasteiger charge is -2.33. The average molecular weight is 435 g/mol. The molecule has 0 aliphatic carbocycles. The molecule has 1 aliphatic heterocycles. The first kappa shape index (κ1) is 21.1. The van der Waals surface area contributed by atoms with Crippen LogP contribution in [0.2, 0.25) is 0 Å². The maximum Gasteiger partial charge on any atom is 0.267 e. The quantitative estimate of drug-likeness (QED) is 0.585. The van der Waals surface area contributed by atoms with E-state index in [9.17, 15) is 9.59 Å². The van der Waals surface area contributed by atoms with Gasteiger partial charge in [-0.1, -0.05) is 49.4 Å². The van der Waals surface area contributed by atoms with Gasteiger partial charge in [0.1, 0.15) is 5.75 Å². The minimum atomic E-state index is -0.561. The Bertz CT molecular complexity index is 1050. The Balaban J connectivity index is 1.48. The molecule has 0 radical (unpaired) electrons. The molecule has 6 heteroatoms. The SMILES string of the molecule is CCc1ccc([C@H](NC(=O)CCN2C(=O)[C@@H](C)Oc3ccccc32)c2cccs2)cc1. The summed E-state index contributed by atoms with van der Waals surface area (Å²) in [5.41, 5.74) is 3.02. The molecule has 1 aliphatic rings. The van der Waals surface area contributed by atoms with Crippen LogP contribution >= 0.6 is 11.3 Å². The number of carbonyl (C=O) groups excluding carboxylic acids is 2. The summed E-state index contributed by atoms with van der Waals surface area (Å²) in [6.45, 7) is 4.17. The first-order valence-corrected chi connectivity index (χ1v) is 11.4. The first-order chi connectivity index (χ1) is 15.1. The third-order valence-electron chi connectivity index (χ3n) is 5.49. The Kier molecular flexibility index (Phi) is 6.37. The van der Waals surface area contributed by atoms with E-state index in [1.165, 1.54) is 5.56 Å². The van der Waals surface area contributed by atoms with E-state index in [1.807, 2.05) is 41.8 Å². The van der Waals surface area contributed by atoms with Gasteiger partial charge in [0.25, 0.3) is 5.91 Å². The van der Waals surface area contributed by atoms with Gasteiger partial charge in [-0.25, -0.2) is 0 Å². The van der Waals surface area contributed by atoms with Crippen LogP contribution in [0, 0.1) is 0 Å². The van der Waals surface area contributed by atoms with Crippen molar-refractivity contribution in [3.8, 4) is 5.75 Å². The topological polar surface area (TPSA) is 58.6 Å². The summed E-state index contributed by atoms with van der Waals surface area (Å²) in [6, 6.07) is 19.6. The molecule has 160 valence electrons. The van der Waals surface area contributed by atoms with Gasteiger partial charge in [-0.05, 0) is 48.1 Å². The van der Waals surface area contributed by atoms with Crippen molar-refractivity contribution in [3.63, 3.8) is 0 Å². The molecule has 0 spiro atoms. The van der Waals surface area contributed by atoms with Crippen molar-refractivity contribution in [1.29, 1.82) is 0 Å². The fourth-order valence-corrected chi connectivity index (χ4v) is 4.56. The van der Waals surface area contributed by atoms with Crippen LogP contribution in [0.4, 0.5) is 5.69 Å². The molecule has 1 aromatic heterocycles. The molecule has 0 fully saturated rings. The molecule has 2 amide bonds. The van der Waals surface area contributed by atoms with E-state index >= 15 is 0 Å². The van der Waals surface area contributed by atoms with Crippen molar-refractivity contribution >= 4 is 28.8 Å². The Hall–Kier alpha value is -3.12. The lowest BCUT2D eigenvalue weighted by molar-refractivity contribution is -0.125. The van der Waals surface area contributed by atoms with Gasteiger partial charge in [-0.15, -0.1) is 11.3 Å². The molecule has 3 aromatic rings. The molecular formula is C25H26N2O3S. The summed E-state index contributed by atoms with van der Waals surface area (Å²) < 4.78 is 5.68. The minimum absolute atomic E-state index is 0.0950. The van der Waals surface area contributed by atoms with Gasteiger partial charge in [0.15, 0.2) is 6.10 Å². The number of para-hydroxylation sites is 2. The number of nitrogens with one attached hydrogen (secondary N) is 1. The molecule has 31 heavy (non-hydrogen) atoms. The summed E-state index contributed by atoms with van der Waals surface area (Å²) in [6.07, 6.45) is 0.625. The number of anilines is 1. The van der Waals surface area contributed by atoms with Crippen molar-refractivity contribution in [2.45, 2.75) is 38.8 Å². The number of amides is 2. The predicted octanol–water partition coefficient (Wildman–Crippen LogP) is 4.72. The highest BCUT2D eigenvalue weighted by Gasteiger charge is 2.31. The lowest BCUT2D eigenvalue weighted by Crippen LogP contribution is -2.46. The van der Waals surface area contributed by atoms with E-state index < -0.39 is 6.10 Å². The van der Waals surface area contributed by atoms with Crippen molar-refractivity contribution in [1.82, 2.24) is 5.32 Å². The largest absolute Gasteiger partial charge is 0.479 e. The lowest BCUT2D eigenvalue weighted by atomic mass is 10.0. The van der Waals surface area contributed by atoms with E-state index in [1.54, 1.807) is 23.2 Å². The average Bonchev–Trinajstić information content (AvgIpc) is 3.32. The molecule has 1 N–H and O–H groups in total. The maximum absolute atomic E-state index is 12.9. The summed E-state index contributed by atoms with van der Waals surface area (Å²) >= 11 is 1.62. The number of hydrogen-bond acceptors (Lipinski definition) is 4. The van der Waals surface area contributed by atoms with E-state index in [-0.39, 0.29) is 24.3 Å². The fraction of sp³-hybridized carbons (Fsp3) is 0.280. The number of aryl methyl sites for hydroxylation is 1. The summed E-state index contributed by atoms with van der Waals surface area (Å²) in [5.74, 6) is 0.446. The van der Waals surface area contributed by atoms with E-state index in [0.717, 1.165) is 16.9 Å². The molecule has 0 saturated heterocycles. The molecule has 0 saturated carbocycles. The highest BCUT2D eigenvalue weighted by molar-refractivity contribution is 7.10. The Labute approximate surface area is 186 Å². The Morgan fingerprint density at radius 3 is 2.61 bits per heavy atom. The van der Waals surface area contributed by atoms with Crippen LogP contribution in [0.3, 0.4) is 0 Å². The van der Waals surface area contributed by atoms with Crippen LogP contribution in [0.15, 0.2) is 66.0 Å². The monoisotopic (exact) mass is 434 g/mol. The molecule has 2 aromatic carbocycles.